The van der Waals surface area contributed by atoms with Crippen LogP contribution in [0.25, 0.3) is 0 Å². The lowest BCUT2D eigenvalue weighted by Gasteiger charge is -2.29. The Bertz CT molecular complexity index is 658. The van der Waals surface area contributed by atoms with Crippen LogP contribution in [-0.2, 0) is 24.2 Å². The fourth-order valence-electron chi connectivity index (χ4n) is 2.80. The highest BCUT2D eigenvalue weighted by Crippen LogP contribution is 2.26. The van der Waals surface area contributed by atoms with E-state index in [1.54, 1.807) is 6.20 Å². The maximum atomic E-state index is 11.4. The van der Waals surface area contributed by atoms with Gasteiger partial charge in [0.25, 0.3) is 0 Å². The predicted molar refractivity (Wildman–Crippen MR) is 84.5 cm³/mol. The smallest absolute Gasteiger partial charge is 0.411 e. The minimum atomic E-state index is -0.457. The van der Waals surface area contributed by atoms with Gasteiger partial charge in [0, 0.05) is 25.8 Å². The average Bonchev–Trinajstić information content (AvgIpc) is 2.56. The maximum Gasteiger partial charge on any atom is 0.411 e. The lowest BCUT2D eigenvalue weighted by atomic mass is 10.00. The molecule has 2 heterocycles. The standard InChI is InChI=1S/C17H19N3O2/c1-22-17(21)19-16-10-18-9-14-12-20(8-7-15(14)16)11-13-5-3-2-4-6-13/h2-6,9-10H,7-8,11-12H2,1H3,(H,19,21). The number of fused-ring (bicyclic) bond motifs is 1. The van der Waals surface area contributed by atoms with Gasteiger partial charge in [0.05, 0.1) is 19.0 Å². The van der Waals surface area contributed by atoms with Crippen LogP contribution in [0.5, 0.6) is 0 Å². The van der Waals surface area contributed by atoms with Crippen LogP contribution in [-0.4, -0.2) is 29.6 Å². The molecule has 0 spiro atoms. The van der Waals surface area contributed by atoms with Gasteiger partial charge < -0.3 is 4.74 Å². The molecule has 5 heteroatoms. The molecule has 22 heavy (non-hydrogen) atoms. The number of methoxy groups -OCH3 is 1. The van der Waals surface area contributed by atoms with Crippen molar-refractivity contribution in [1.82, 2.24) is 9.88 Å². The summed E-state index contributed by atoms with van der Waals surface area (Å²) in [4.78, 5) is 18.0. The molecule has 0 fully saturated rings. The van der Waals surface area contributed by atoms with Crippen molar-refractivity contribution < 1.29 is 9.53 Å². The van der Waals surface area contributed by atoms with Crippen LogP contribution in [0.15, 0.2) is 42.7 Å². The van der Waals surface area contributed by atoms with E-state index >= 15 is 0 Å². The predicted octanol–water partition coefficient (Wildman–Crippen LogP) is 2.82. The van der Waals surface area contributed by atoms with Crippen molar-refractivity contribution in [3.8, 4) is 0 Å². The van der Waals surface area contributed by atoms with Crippen LogP contribution in [0.1, 0.15) is 16.7 Å². The SMILES string of the molecule is COC(=O)Nc1cncc2c1CCN(Cc1ccccc1)C2. The Hall–Kier alpha value is -2.40. The number of carbonyl (C=O) groups is 1. The summed E-state index contributed by atoms with van der Waals surface area (Å²) in [5.74, 6) is 0. The van der Waals surface area contributed by atoms with Crippen LogP contribution in [0.2, 0.25) is 0 Å². The molecule has 5 nitrogen and oxygen atoms in total. The zero-order valence-corrected chi connectivity index (χ0v) is 12.6. The summed E-state index contributed by atoms with van der Waals surface area (Å²) >= 11 is 0. The van der Waals surface area contributed by atoms with Crippen molar-refractivity contribution in [1.29, 1.82) is 0 Å². The van der Waals surface area contributed by atoms with E-state index in [4.69, 9.17) is 0 Å². The Balaban J connectivity index is 1.73. The highest BCUT2D eigenvalue weighted by atomic mass is 16.5. The molecule has 0 aliphatic carbocycles. The number of hydrogen-bond donors (Lipinski definition) is 1. The Kier molecular flexibility index (Phi) is 4.34. The highest BCUT2D eigenvalue weighted by molar-refractivity contribution is 5.85. The zero-order valence-electron chi connectivity index (χ0n) is 12.6. The van der Waals surface area contributed by atoms with Crippen molar-refractivity contribution >= 4 is 11.8 Å². The molecule has 0 saturated carbocycles. The molecule has 0 bridgehead atoms. The maximum absolute atomic E-state index is 11.4. The van der Waals surface area contributed by atoms with Crippen molar-refractivity contribution in [2.75, 3.05) is 19.0 Å². The summed E-state index contributed by atoms with van der Waals surface area (Å²) in [5, 5.41) is 2.74. The largest absolute Gasteiger partial charge is 0.453 e. The molecule has 114 valence electrons. The number of carbonyl (C=O) groups excluding carboxylic acids is 1. The third-order valence-corrected chi connectivity index (χ3v) is 3.89. The normalized spacial score (nSPS) is 14.2. The van der Waals surface area contributed by atoms with Gasteiger partial charge in [-0.1, -0.05) is 30.3 Å². The molecule has 2 aromatic rings. The zero-order chi connectivity index (χ0) is 15.4. The Morgan fingerprint density at radius 3 is 2.91 bits per heavy atom. The monoisotopic (exact) mass is 297 g/mol. The molecule has 3 rings (SSSR count). The van der Waals surface area contributed by atoms with Crippen LogP contribution < -0.4 is 5.32 Å². The lowest BCUT2D eigenvalue weighted by Crippen LogP contribution is -2.31. The van der Waals surface area contributed by atoms with E-state index in [0.29, 0.717) is 0 Å². The molecule has 1 N–H and O–H groups in total. The number of aromatic nitrogens is 1. The van der Waals surface area contributed by atoms with Gasteiger partial charge in [0.1, 0.15) is 0 Å². The van der Waals surface area contributed by atoms with E-state index in [1.165, 1.54) is 12.7 Å². The summed E-state index contributed by atoms with van der Waals surface area (Å²) < 4.78 is 4.66. The molecular formula is C17H19N3O2. The van der Waals surface area contributed by atoms with E-state index < -0.39 is 6.09 Å². The average molecular weight is 297 g/mol. The second-order valence-electron chi connectivity index (χ2n) is 5.39. The van der Waals surface area contributed by atoms with Gasteiger partial charge in [-0.2, -0.15) is 0 Å². The molecule has 1 aromatic heterocycles. The Labute approximate surface area is 129 Å². The van der Waals surface area contributed by atoms with Crippen molar-refractivity contribution in [3.63, 3.8) is 0 Å². The number of pyridine rings is 1. The first-order valence-corrected chi connectivity index (χ1v) is 7.33. The summed E-state index contributed by atoms with van der Waals surface area (Å²) in [6, 6.07) is 10.4. The number of anilines is 1. The van der Waals surface area contributed by atoms with Crippen molar-refractivity contribution in [2.45, 2.75) is 19.5 Å². The number of amides is 1. The van der Waals surface area contributed by atoms with Gasteiger partial charge in [0.2, 0.25) is 0 Å². The molecule has 1 aliphatic heterocycles. The summed E-state index contributed by atoms with van der Waals surface area (Å²) in [6.45, 7) is 2.73. The first-order valence-electron chi connectivity index (χ1n) is 7.33. The van der Waals surface area contributed by atoms with Gasteiger partial charge in [0.15, 0.2) is 0 Å². The van der Waals surface area contributed by atoms with Gasteiger partial charge in [-0.3, -0.25) is 15.2 Å². The van der Waals surface area contributed by atoms with Crippen LogP contribution in [0, 0.1) is 0 Å². The summed E-state index contributed by atoms with van der Waals surface area (Å²) in [5.41, 5.74) is 4.38. The van der Waals surface area contributed by atoms with Gasteiger partial charge in [-0.05, 0) is 23.1 Å². The van der Waals surface area contributed by atoms with E-state index in [0.717, 1.165) is 42.9 Å². The third kappa shape index (κ3) is 3.26. The molecule has 0 radical (unpaired) electrons. The Morgan fingerprint density at radius 1 is 1.32 bits per heavy atom. The van der Waals surface area contributed by atoms with Gasteiger partial charge in [-0.15, -0.1) is 0 Å². The second-order valence-corrected chi connectivity index (χ2v) is 5.39. The van der Waals surface area contributed by atoms with Crippen LogP contribution >= 0.6 is 0 Å². The van der Waals surface area contributed by atoms with E-state index in [2.05, 4.69) is 44.2 Å². The third-order valence-electron chi connectivity index (χ3n) is 3.89. The first-order chi connectivity index (χ1) is 10.8. The highest BCUT2D eigenvalue weighted by Gasteiger charge is 2.20. The minimum Gasteiger partial charge on any atom is -0.453 e. The number of nitrogens with one attached hydrogen (secondary N) is 1. The quantitative estimate of drug-likeness (QED) is 0.946. The number of nitrogens with zero attached hydrogens (tertiary/aromatic N) is 2. The van der Waals surface area contributed by atoms with E-state index in [-0.39, 0.29) is 0 Å². The van der Waals surface area contributed by atoms with E-state index in [9.17, 15) is 4.79 Å². The fourth-order valence-corrected chi connectivity index (χ4v) is 2.80. The van der Waals surface area contributed by atoms with Crippen molar-refractivity contribution in [2.24, 2.45) is 0 Å². The molecule has 0 unspecified atom stereocenters. The topological polar surface area (TPSA) is 54.5 Å². The van der Waals surface area contributed by atoms with Gasteiger partial charge >= 0.3 is 6.09 Å². The van der Waals surface area contributed by atoms with E-state index in [1.807, 2.05) is 12.3 Å². The summed E-state index contributed by atoms with van der Waals surface area (Å²) in [6.07, 6.45) is 4.00. The summed E-state index contributed by atoms with van der Waals surface area (Å²) in [7, 11) is 1.36. The van der Waals surface area contributed by atoms with Gasteiger partial charge in [-0.25, -0.2) is 4.79 Å². The second kappa shape index (κ2) is 6.58. The minimum absolute atomic E-state index is 0.457. The molecular weight excluding hydrogens is 278 g/mol. The number of hydrogen-bond acceptors (Lipinski definition) is 4. The number of benzene rings is 1. The molecule has 1 aliphatic rings. The Morgan fingerprint density at radius 2 is 2.14 bits per heavy atom. The number of ether oxygens (including phenoxy) is 1. The molecule has 1 aromatic carbocycles. The lowest BCUT2D eigenvalue weighted by molar-refractivity contribution is 0.187. The first kappa shape index (κ1) is 14.5. The van der Waals surface area contributed by atoms with Crippen LogP contribution in [0.4, 0.5) is 10.5 Å². The molecule has 0 atom stereocenters. The fraction of sp³-hybridized carbons (Fsp3) is 0.294. The van der Waals surface area contributed by atoms with Crippen LogP contribution in [0.3, 0.4) is 0 Å². The van der Waals surface area contributed by atoms with Crippen molar-refractivity contribution in [3.05, 3.63) is 59.4 Å². The molecule has 0 saturated heterocycles. The number of rotatable bonds is 3. The molecule has 1 amide bonds.